The van der Waals surface area contributed by atoms with Crippen molar-refractivity contribution >= 4 is 23.7 Å². The van der Waals surface area contributed by atoms with Gasteiger partial charge in [-0.1, -0.05) is 0 Å². The second-order valence-electron chi connectivity index (χ2n) is 11.7. The van der Waals surface area contributed by atoms with Crippen LogP contribution in [-0.2, 0) is 0 Å². The molecule has 2 fully saturated rings. The zero-order valence-corrected chi connectivity index (χ0v) is 26.1. The van der Waals surface area contributed by atoms with Gasteiger partial charge in [0.15, 0.2) is 11.4 Å². The number of hydrogen-bond acceptors (Lipinski definition) is 8. The summed E-state index contributed by atoms with van der Waals surface area (Å²) in [7, 11) is 4.71. The smallest absolute Gasteiger partial charge is 0.356 e. The number of carboxylic acid groups (broad SMARTS) is 1. The number of benzene rings is 2. The van der Waals surface area contributed by atoms with E-state index in [1.807, 2.05) is 21.6 Å². The molecule has 0 unspecified atom stereocenters. The number of rotatable bonds is 4. The van der Waals surface area contributed by atoms with Crippen molar-refractivity contribution in [3.63, 3.8) is 0 Å². The summed E-state index contributed by atoms with van der Waals surface area (Å²) >= 11 is 0. The summed E-state index contributed by atoms with van der Waals surface area (Å²) in [6.07, 6.45) is 6.43. The van der Waals surface area contributed by atoms with Crippen LogP contribution in [0.5, 0.6) is 11.5 Å². The average molecular weight is 640 g/mol. The minimum Gasteiger partial charge on any atom is -0.497 e. The molecule has 0 spiro atoms. The third-order valence-electron chi connectivity index (χ3n) is 9.30. The summed E-state index contributed by atoms with van der Waals surface area (Å²) in [5, 5.41) is 12.1. The van der Waals surface area contributed by atoms with Crippen LogP contribution in [0.4, 0.5) is 0 Å². The third-order valence-corrected chi connectivity index (χ3v) is 9.30. The van der Waals surface area contributed by atoms with Gasteiger partial charge in [-0.2, -0.15) is 0 Å². The van der Waals surface area contributed by atoms with Gasteiger partial charge in [0, 0.05) is 20.1 Å². The molecule has 0 aliphatic carbocycles. The van der Waals surface area contributed by atoms with Gasteiger partial charge in [-0.25, -0.2) is 14.8 Å². The normalized spacial score (nSPS) is 18.7. The molecule has 2 aromatic carbocycles. The number of hydrogen-bond donors (Lipinski definition) is 2. The number of nitrogens with one attached hydrogen (secondary N) is 1. The van der Waals surface area contributed by atoms with Gasteiger partial charge in [0.25, 0.3) is 17.7 Å². The molecule has 242 valence electrons. The minimum atomic E-state index is -1.07. The summed E-state index contributed by atoms with van der Waals surface area (Å²) in [4.78, 5) is 61.7. The van der Waals surface area contributed by atoms with E-state index < -0.39 is 5.97 Å². The molecule has 2 aromatic heterocycles. The molecule has 2 atom stereocenters. The molecule has 4 aromatic rings. The van der Waals surface area contributed by atoms with Crippen molar-refractivity contribution in [2.45, 2.75) is 37.8 Å². The summed E-state index contributed by atoms with van der Waals surface area (Å²) in [6.45, 7) is 1.29. The predicted molar refractivity (Wildman–Crippen MR) is 167 cm³/mol. The maximum atomic E-state index is 13.0. The molecular weight excluding hydrogens is 606 g/mol. The molecule has 0 saturated carbocycles. The number of fused-ring (bicyclic) bond motifs is 10. The van der Waals surface area contributed by atoms with Crippen LogP contribution in [-0.4, -0.2) is 92.1 Å². The standard InChI is InChI=1S/C17H18N4O3.C16H15N3O4/c1-18-16(22)14-15-13-4-3-7-20(13)17(23)11-8-10(24-2)5-6-12(11)21(15)9-19-14;1-23-9-4-5-11-10(7-9)15(20)18-6-2-3-12(18)14-13(16(21)22)17-8-19(11)14/h5-6,8-9,13H,3-4,7H2,1-2H3,(H,18,22);4-5,7-8,12H,2-3,6H2,1H3,(H,21,22)/t13-;12-/m00/s1. The molecule has 4 aliphatic heterocycles. The van der Waals surface area contributed by atoms with Crippen LogP contribution in [0.2, 0.25) is 0 Å². The number of nitrogens with zero attached hydrogens (tertiary/aromatic N) is 6. The summed E-state index contributed by atoms with van der Waals surface area (Å²) in [6, 6.07) is 10.2. The van der Waals surface area contributed by atoms with Gasteiger partial charge in [-0.05, 0) is 62.1 Å². The molecule has 8 rings (SSSR count). The van der Waals surface area contributed by atoms with E-state index >= 15 is 0 Å². The molecule has 2 N–H and O–H groups in total. The molecule has 0 bridgehead atoms. The number of aromatic carboxylic acids is 1. The van der Waals surface area contributed by atoms with Gasteiger partial charge in [-0.15, -0.1) is 0 Å². The van der Waals surface area contributed by atoms with Gasteiger partial charge < -0.3 is 29.7 Å². The fourth-order valence-corrected chi connectivity index (χ4v) is 7.14. The number of imidazole rings is 2. The van der Waals surface area contributed by atoms with E-state index in [1.54, 1.807) is 61.3 Å². The van der Waals surface area contributed by atoms with Crippen LogP contribution < -0.4 is 14.8 Å². The van der Waals surface area contributed by atoms with E-state index in [0.29, 0.717) is 52.8 Å². The molecule has 47 heavy (non-hydrogen) atoms. The Balaban J connectivity index is 0.000000150. The monoisotopic (exact) mass is 639 g/mol. The number of aromatic nitrogens is 4. The van der Waals surface area contributed by atoms with E-state index in [1.165, 1.54) is 6.33 Å². The Morgan fingerprint density at radius 2 is 1.26 bits per heavy atom. The van der Waals surface area contributed by atoms with Crippen molar-refractivity contribution in [2.24, 2.45) is 0 Å². The Morgan fingerprint density at radius 1 is 0.787 bits per heavy atom. The number of amides is 3. The van der Waals surface area contributed by atoms with Crippen molar-refractivity contribution in [2.75, 3.05) is 34.4 Å². The fourth-order valence-electron chi connectivity index (χ4n) is 7.14. The molecule has 0 radical (unpaired) electrons. The second kappa shape index (κ2) is 11.6. The first-order valence-electron chi connectivity index (χ1n) is 15.4. The lowest BCUT2D eigenvalue weighted by Gasteiger charge is -2.22. The highest BCUT2D eigenvalue weighted by Gasteiger charge is 2.41. The molecular formula is C33H33N7O7. The molecule has 6 heterocycles. The topological polar surface area (TPSA) is 161 Å². The average Bonchev–Trinajstić information content (AvgIpc) is 3.90. The highest BCUT2D eigenvalue weighted by atomic mass is 16.5. The first-order chi connectivity index (χ1) is 22.8. The van der Waals surface area contributed by atoms with Crippen molar-refractivity contribution < 1.29 is 33.8 Å². The Kier molecular flexibility index (Phi) is 7.41. The van der Waals surface area contributed by atoms with E-state index in [2.05, 4.69) is 15.3 Å². The van der Waals surface area contributed by atoms with E-state index in [0.717, 1.165) is 37.1 Å². The van der Waals surface area contributed by atoms with E-state index in [4.69, 9.17) is 9.47 Å². The maximum Gasteiger partial charge on any atom is 0.356 e. The van der Waals surface area contributed by atoms with Crippen LogP contribution in [0.25, 0.3) is 11.4 Å². The lowest BCUT2D eigenvalue weighted by atomic mass is 10.1. The molecule has 14 heteroatoms. The lowest BCUT2D eigenvalue weighted by molar-refractivity contribution is 0.0673. The summed E-state index contributed by atoms with van der Waals surface area (Å²) in [5.41, 5.74) is 4.19. The van der Waals surface area contributed by atoms with Gasteiger partial charge in [0.05, 0.1) is 60.2 Å². The zero-order valence-electron chi connectivity index (χ0n) is 26.1. The minimum absolute atomic E-state index is 0.0124. The molecule has 4 aliphatic rings. The Hall–Kier alpha value is -5.66. The summed E-state index contributed by atoms with van der Waals surface area (Å²) < 4.78 is 14.1. The van der Waals surface area contributed by atoms with E-state index in [-0.39, 0.29) is 35.5 Å². The Morgan fingerprint density at radius 3 is 1.70 bits per heavy atom. The van der Waals surface area contributed by atoms with E-state index in [9.17, 15) is 24.3 Å². The van der Waals surface area contributed by atoms with Crippen LogP contribution >= 0.6 is 0 Å². The lowest BCUT2D eigenvalue weighted by Crippen LogP contribution is -2.31. The number of carboxylic acids is 1. The largest absolute Gasteiger partial charge is 0.497 e. The Labute approximate surface area is 269 Å². The van der Waals surface area contributed by atoms with Crippen LogP contribution in [0, 0.1) is 0 Å². The predicted octanol–water partition coefficient (Wildman–Crippen LogP) is 3.40. The van der Waals surface area contributed by atoms with Crippen LogP contribution in [0.1, 0.15) is 90.8 Å². The van der Waals surface area contributed by atoms with Gasteiger partial charge in [0.2, 0.25) is 0 Å². The van der Waals surface area contributed by atoms with Gasteiger partial charge in [-0.3, -0.25) is 23.5 Å². The molecule has 2 saturated heterocycles. The number of carbonyl (C=O) groups excluding carboxylic acids is 3. The SMILES string of the molecule is CNC(=O)c1ncn2c1[C@@H]1CCCN1C(=O)c1cc(OC)ccc1-2.COc1ccc2c(c1)C(=O)N1CCC[C@H]1c1c(C(=O)O)ncn1-2. The quantitative estimate of drug-likeness (QED) is 0.341. The molecule has 14 nitrogen and oxygen atoms in total. The first kappa shape index (κ1) is 30.0. The molecule has 3 amide bonds. The maximum absolute atomic E-state index is 13.0. The number of carbonyl (C=O) groups is 4. The fraction of sp³-hybridized carbons (Fsp3) is 0.333. The van der Waals surface area contributed by atoms with Gasteiger partial charge in [0.1, 0.15) is 24.2 Å². The number of ether oxygens (including phenoxy) is 2. The first-order valence-corrected chi connectivity index (χ1v) is 15.4. The van der Waals surface area contributed by atoms with Crippen molar-refractivity contribution in [1.82, 2.24) is 34.2 Å². The van der Waals surface area contributed by atoms with Crippen LogP contribution in [0.15, 0.2) is 49.1 Å². The Bertz CT molecular complexity index is 1950. The third kappa shape index (κ3) is 4.70. The van der Waals surface area contributed by atoms with Gasteiger partial charge >= 0.3 is 5.97 Å². The van der Waals surface area contributed by atoms with Crippen molar-refractivity contribution in [1.29, 1.82) is 0 Å². The second-order valence-corrected chi connectivity index (χ2v) is 11.7. The number of methoxy groups -OCH3 is 2. The van der Waals surface area contributed by atoms with Crippen LogP contribution in [0.3, 0.4) is 0 Å². The highest BCUT2D eigenvalue weighted by molar-refractivity contribution is 6.01. The highest BCUT2D eigenvalue weighted by Crippen LogP contribution is 2.42. The summed E-state index contributed by atoms with van der Waals surface area (Å²) in [5.74, 6) is -0.211. The van der Waals surface area contributed by atoms with Crippen molar-refractivity contribution in [3.8, 4) is 22.9 Å². The zero-order chi connectivity index (χ0) is 33.0. The van der Waals surface area contributed by atoms with Crippen molar-refractivity contribution in [3.05, 3.63) is 83.0 Å².